The van der Waals surface area contributed by atoms with Crippen LogP contribution >= 0.6 is 0 Å². The molecule has 1 amide bonds. The number of sulfonamides is 1. The molecule has 2 heterocycles. The summed E-state index contributed by atoms with van der Waals surface area (Å²) < 4.78 is 24.4. The van der Waals surface area contributed by atoms with Crippen molar-refractivity contribution in [3.63, 3.8) is 0 Å². The summed E-state index contributed by atoms with van der Waals surface area (Å²) in [6, 6.07) is 20.2. The van der Waals surface area contributed by atoms with E-state index < -0.39 is 10.0 Å². The Bertz CT molecular complexity index is 1810. The van der Waals surface area contributed by atoms with Crippen molar-refractivity contribution in [1.82, 2.24) is 14.8 Å². The molecular formula is C27H23N5O4S. The SMILES string of the molecule is Cc1n[nH]cc1-c1ccc2c(=O)n(Cc3cccc(C(=O)Nc4ccc(S(N)(=O)=O)cc4)c3)ccc2c1. The third-order valence-corrected chi connectivity index (χ3v) is 7.03. The third kappa shape index (κ3) is 5.06. The summed E-state index contributed by atoms with van der Waals surface area (Å²) in [5, 5.41) is 16.3. The maximum absolute atomic E-state index is 13.2. The van der Waals surface area contributed by atoms with Crippen molar-refractivity contribution in [2.24, 2.45) is 5.14 Å². The van der Waals surface area contributed by atoms with E-state index in [4.69, 9.17) is 5.14 Å². The van der Waals surface area contributed by atoms with E-state index in [0.717, 1.165) is 27.8 Å². The first kappa shape index (κ1) is 24.2. The van der Waals surface area contributed by atoms with E-state index in [2.05, 4.69) is 15.5 Å². The predicted molar refractivity (Wildman–Crippen MR) is 142 cm³/mol. The van der Waals surface area contributed by atoms with E-state index in [1.165, 1.54) is 24.3 Å². The Hall–Kier alpha value is -4.54. The van der Waals surface area contributed by atoms with E-state index in [-0.39, 0.29) is 16.4 Å². The topological polar surface area (TPSA) is 140 Å². The average Bonchev–Trinajstić information content (AvgIpc) is 3.31. The maximum atomic E-state index is 13.2. The largest absolute Gasteiger partial charge is 0.322 e. The van der Waals surface area contributed by atoms with Crippen LogP contribution in [-0.4, -0.2) is 29.1 Å². The molecular weight excluding hydrogens is 490 g/mol. The fraction of sp³-hybridized carbons (Fsp3) is 0.0741. The lowest BCUT2D eigenvalue weighted by atomic mass is 10.0. The minimum absolute atomic E-state index is 0.0406. The van der Waals surface area contributed by atoms with Crippen molar-refractivity contribution in [3.8, 4) is 11.1 Å². The number of amides is 1. The number of aryl methyl sites for hydroxylation is 1. The number of carbonyl (C=O) groups is 1. The number of aromatic amines is 1. The molecule has 10 heteroatoms. The van der Waals surface area contributed by atoms with E-state index in [9.17, 15) is 18.0 Å². The first-order chi connectivity index (χ1) is 17.7. The number of pyridine rings is 1. The van der Waals surface area contributed by atoms with Crippen LogP contribution in [0.3, 0.4) is 0 Å². The van der Waals surface area contributed by atoms with Gasteiger partial charge < -0.3 is 9.88 Å². The average molecular weight is 514 g/mol. The molecule has 37 heavy (non-hydrogen) atoms. The summed E-state index contributed by atoms with van der Waals surface area (Å²) in [5.41, 5.74) is 4.34. The van der Waals surface area contributed by atoms with Crippen LogP contribution in [0.1, 0.15) is 21.6 Å². The summed E-state index contributed by atoms with van der Waals surface area (Å²) in [6.45, 7) is 2.22. The van der Waals surface area contributed by atoms with E-state index in [0.29, 0.717) is 23.2 Å². The second-order valence-corrected chi connectivity index (χ2v) is 10.2. The van der Waals surface area contributed by atoms with Crippen LogP contribution in [-0.2, 0) is 16.6 Å². The van der Waals surface area contributed by atoms with Crippen molar-refractivity contribution in [2.45, 2.75) is 18.4 Å². The molecule has 0 radical (unpaired) electrons. The number of rotatable bonds is 6. The Morgan fingerprint density at radius 3 is 2.54 bits per heavy atom. The summed E-state index contributed by atoms with van der Waals surface area (Å²) in [7, 11) is -3.81. The number of fused-ring (bicyclic) bond motifs is 1. The van der Waals surface area contributed by atoms with Gasteiger partial charge >= 0.3 is 0 Å². The number of benzene rings is 3. The zero-order chi connectivity index (χ0) is 26.2. The standard InChI is InChI=1S/C27H23N5O4S/c1-17-25(15-29-31-17)19-5-10-24-20(14-19)11-12-32(27(24)34)16-18-3-2-4-21(13-18)26(33)30-22-6-8-23(9-7-22)37(28,35)36/h2-15H,16H2,1H3,(H,29,31)(H,30,33)(H2,28,35,36). The number of H-pyrrole nitrogens is 1. The Labute approximate surface area is 212 Å². The molecule has 0 spiro atoms. The van der Waals surface area contributed by atoms with Crippen LogP contribution in [0.25, 0.3) is 21.9 Å². The van der Waals surface area contributed by atoms with Crippen LogP contribution < -0.4 is 16.0 Å². The lowest BCUT2D eigenvalue weighted by Crippen LogP contribution is -2.20. The first-order valence-corrected chi connectivity index (χ1v) is 12.9. The number of aromatic nitrogens is 3. The molecule has 4 N–H and O–H groups in total. The quantitative estimate of drug-likeness (QED) is 0.318. The summed E-state index contributed by atoms with van der Waals surface area (Å²) in [6.07, 6.45) is 3.58. The molecule has 0 aliphatic heterocycles. The Balaban J connectivity index is 1.36. The fourth-order valence-electron chi connectivity index (χ4n) is 4.17. The molecule has 0 saturated heterocycles. The lowest BCUT2D eigenvalue weighted by molar-refractivity contribution is 0.102. The van der Waals surface area contributed by atoms with Gasteiger partial charge in [-0.05, 0) is 78.0 Å². The van der Waals surface area contributed by atoms with Crippen molar-refractivity contribution in [3.05, 3.63) is 112 Å². The fourth-order valence-corrected chi connectivity index (χ4v) is 4.68. The molecule has 5 aromatic rings. The molecule has 186 valence electrons. The molecule has 0 atom stereocenters. The zero-order valence-corrected chi connectivity index (χ0v) is 20.6. The molecule has 0 aliphatic carbocycles. The van der Waals surface area contributed by atoms with Gasteiger partial charge in [0.25, 0.3) is 11.5 Å². The monoisotopic (exact) mass is 513 g/mol. The summed E-state index contributed by atoms with van der Waals surface area (Å²) in [5.74, 6) is -0.363. The molecule has 9 nitrogen and oxygen atoms in total. The highest BCUT2D eigenvalue weighted by Gasteiger charge is 2.12. The number of hydrogen-bond donors (Lipinski definition) is 3. The van der Waals surface area contributed by atoms with Crippen LogP contribution in [0.5, 0.6) is 0 Å². The number of anilines is 1. The molecule has 5 rings (SSSR count). The van der Waals surface area contributed by atoms with Gasteiger partial charge in [-0.3, -0.25) is 14.7 Å². The molecule has 0 aliphatic rings. The Morgan fingerprint density at radius 2 is 1.84 bits per heavy atom. The molecule has 0 bridgehead atoms. The number of primary sulfonamides is 1. The van der Waals surface area contributed by atoms with Crippen molar-refractivity contribution in [1.29, 1.82) is 0 Å². The minimum atomic E-state index is -3.81. The van der Waals surface area contributed by atoms with Crippen LogP contribution in [0.2, 0.25) is 0 Å². The number of nitrogens with one attached hydrogen (secondary N) is 2. The summed E-state index contributed by atoms with van der Waals surface area (Å²) in [4.78, 5) is 25.9. The van der Waals surface area contributed by atoms with Gasteiger partial charge in [0.1, 0.15) is 0 Å². The smallest absolute Gasteiger partial charge is 0.258 e. The lowest BCUT2D eigenvalue weighted by Gasteiger charge is -2.10. The first-order valence-electron chi connectivity index (χ1n) is 11.4. The molecule has 0 fully saturated rings. The summed E-state index contributed by atoms with van der Waals surface area (Å²) >= 11 is 0. The minimum Gasteiger partial charge on any atom is -0.322 e. The van der Waals surface area contributed by atoms with Gasteiger partial charge in [-0.25, -0.2) is 13.6 Å². The van der Waals surface area contributed by atoms with Gasteiger partial charge in [-0.2, -0.15) is 5.10 Å². The molecule has 0 saturated carbocycles. The Morgan fingerprint density at radius 1 is 1.05 bits per heavy atom. The van der Waals surface area contributed by atoms with E-state index >= 15 is 0 Å². The molecule has 2 aromatic heterocycles. The maximum Gasteiger partial charge on any atom is 0.258 e. The third-order valence-electron chi connectivity index (χ3n) is 6.10. The van der Waals surface area contributed by atoms with E-state index in [1.54, 1.807) is 29.0 Å². The van der Waals surface area contributed by atoms with Gasteiger partial charge in [0.2, 0.25) is 10.0 Å². The van der Waals surface area contributed by atoms with Gasteiger partial charge in [0, 0.05) is 34.6 Å². The van der Waals surface area contributed by atoms with Gasteiger partial charge in [-0.15, -0.1) is 0 Å². The van der Waals surface area contributed by atoms with Gasteiger partial charge in [0.15, 0.2) is 0 Å². The number of carbonyl (C=O) groups excluding carboxylic acids is 1. The normalized spacial score (nSPS) is 11.5. The van der Waals surface area contributed by atoms with Crippen molar-refractivity contribution in [2.75, 3.05) is 5.32 Å². The highest BCUT2D eigenvalue weighted by molar-refractivity contribution is 7.89. The van der Waals surface area contributed by atoms with E-state index in [1.807, 2.05) is 43.5 Å². The number of hydrogen-bond acceptors (Lipinski definition) is 5. The number of nitrogens with two attached hydrogens (primary N) is 1. The van der Waals surface area contributed by atoms with Crippen molar-refractivity contribution < 1.29 is 13.2 Å². The van der Waals surface area contributed by atoms with Crippen LogP contribution in [0.4, 0.5) is 5.69 Å². The molecule has 3 aromatic carbocycles. The van der Waals surface area contributed by atoms with Crippen molar-refractivity contribution >= 4 is 32.4 Å². The highest BCUT2D eigenvalue weighted by atomic mass is 32.2. The predicted octanol–water partition coefficient (Wildman–Crippen LogP) is 3.65. The zero-order valence-electron chi connectivity index (χ0n) is 19.8. The Kier molecular flexibility index (Phi) is 6.20. The highest BCUT2D eigenvalue weighted by Crippen LogP contribution is 2.25. The number of nitrogens with zero attached hydrogens (tertiary/aromatic N) is 2. The van der Waals surface area contributed by atoms with Crippen LogP contribution in [0.15, 0.2) is 94.9 Å². The molecule has 0 unspecified atom stereocenters. The second kappa shape index (κ2) is 9.49. The van der Waals surface area contributed by atoms with Gasteiger partial charge in [-0.1, -0.05) is 18.2 Å². The van der Waals surface area contributed by atoms with Crippen LogP contribution in [0, 0.1) is 6.92 Å². The van der Waals surface area contributed by atoms with Gasteiger partial charge in [0.05, 0.1) is 17.1 Å². The second-order valence-electron chi connectivity index (χ2n) is 8.66.